The molecule has 1 atom stereocenters. The Morgan fingerprint density at radius 3 is 1.88 bits per heavy atom. The summed E-state index contributed by atoms with van der Waals surface area (Å²) >= 11 is 0. The Bertz CT molecular complexity index is 202. The second-order valence-electron chi connectivity index (χ2n) is 4.36. The summed E-state index contributed by atoms with van der Waals surface area (Å²) in [5.41, 5.74) is -3.86. The van der Waals surface area contributed by atoms with Crippen LogP contribution in [0.3, 0.4) is 0 Å². The van der Waals surface area contributed by atoms with Crippen molar-refractivity contribution in [2.24, 2.45) is 5.92 Å². The third-order valence-electron chi connectivity index (χ3n) is 2.44. The average Bonchev–Trinajstić information content (AvgIpc) is 2.09. The lowest BCUT2D eigenvalue weighted by atomic mass is 9.94. The number of hydrogen-bond donors (Lipinski definition) is 1. The topological polar surface area (TPSA) is 20.2 Å². The number of aliphatic hydroxyl groups is 1. The van der Waals surface area contributed by atoms with Crippen molar-refractivity contribution >= 4 is 0 Å². The van der Waals surface area contributed by atoms with Crippen LogP contribution in [0.15, 0.2) is 0 Å². The van der Waals surface area contributed by atoms with Crippen molar-refractivity contribution in [2.75, 3.05) is 0 Å². The first kappa shape index (κ1) is 15.6. The molecule has 6 heteroatoms. The lowest BCUT2D eigenvalue weighted by Crippen LogP contribution is -2.51. The molecule has 0 aromatic rings. The van der Waals surface area contributed by atoms with Crippen LogP contribution in [-0.4, -0.2) is 23.3 Å². The quantitative estimate of drug-likeness (QED) is 0.560. The van der Waals surface area contributed by atoms with Gasteiger partial charge in [0.05, 0.1) is 0 Å². The Morgan fingerprint density at radius 2 is 1.56 bits per heavy atom. The molecule has 0 radical (unpaired) electrons. The van der Waals surface area contributed by atoms with E-state index in [2.05, 4.69) is 0 Å². The lowest BCUT2D eigenvalue weighted by molar-refractivity contribution is -0.300. The first-order valence-electron chi connectivity index (χ1n) is 5.18. The van der Waals surface area contributed by atoms with Gasteiger partial charge in [0.15, 0.2) is 0 Å². The zero-order valence-electron chi connectivity index (χ0n) is 9.32. The molecular formula is C10H17F5O. The van der Waals surface area contributed by atoms with E-state index in [0.717, 1.165) is 0 Å². The molecule has 98 valence electrons. The summed E-state index contributed by atoms with van der Waals surface area (Å²) in [6.45, 7) is 3.78. The van der Waals surface area contributed by atoms with Gasteiger partial charge in [0, 0.05) is 0 Å². The number of hydrogen-bond acceptors (Lipinski definition) is 1. The molecule has 0 saturated heterocycles. The Labute approximate surface area is 91.6 Å². The maximum atomic E-state index is 12.2. The van der Waals surface area contributed by atoms with Gasteiger partial charge < -0.3 is 5.11 Å². The van der Waals surface area contributed by atoms with Crippen molar-refractivity contribution < 1.29 is 27.1 Å². The summed E-state index contributed by atoms with van der Waals surface area (Å²) in [7, 11) is 0. The summed E-state index contributed by atoms with van der Waals surface area (Å²) in [5, 5.41) is 8.92. The predicted molar refractivity (Wildman–Crippen MR) is 50.3 cm³/mol. The first-order chi connectivity index (χ1) is 7.11. The molecule has 0 amide bonds. The summed E-state index contributed by atoms with van der Waals surface area (Å²) < 4.78 is 61.0. The van der Waals surface area contributed by atoms with Crippen molar-refractivity contribution in [2.45, 2.75) is 57.7 Å². The summed E-state index contributed by atoms with van der Waals surface area (Å²) in [5.74, 6) is 0.311. The Kier molecular flexibility index (Phi) is 5.65. The molecular weight excluding hydrogens is 231 g/mol. The molecule has 0 rings (SSSR count). The fraction of sp³-hybridized carbons (Fsp3) is 1.00. The van der Waals surface area contributed by atoms with Gasteiger partial charge in [0.2, 0.25) is 5.60 Å². The predicted octanol–water partition coefficient (Wildman–Crippen LogP) is 3.76. The van der Waals surface area contributed by atoms with Gasteiger partial charge in [-0.15, -0.1) is 0 Å². The zero-order valence-corrected chi connectivity index (χ0v) is 9.32. The van der Waals surface area contributed by atoms with Crippen LogP contribution in [-0.2, 0) is 0 Å². The minimum absolute atomic E-state index is 0.0570. The van der Waals surface area contributed by atoms with E-state index in [1.807, 2.05) is 13.8 Å². The van der Waals surface area contributed by atoms with Crippen molar-refractivity contribution in [3.63, 3.8) is 0 Å². The molecule has 16 heavy (non-hydrogen) atoms. The standard InChI is InChI=1S/C10H17F5O/c1-7(2)5-3-4-6-9(16,8(11)12)10(13,14)15/h7-8,16H,3-6H2,1-2H3. The Hall–Kier alpha value is -0.390. The van der Waals surface area contributed by atoms with Gasteiger partial charge in [0.1, 0.15) is 0 Å². The third-order valence-corrected chi connectivity index (χ3v) is 2.44. The van der Waals surface area contributed by atoms with E-state index in [0.29, 0.717) is 18.8 Å². The fourth-order valence-electron chi connectivity index (χ4n) is 1.32. The van der Waals surface area contributed by atoms with E-state index in [4.69, 9.17) is 5.11 Å². The van der Waals surface area contributed by atoms with Gasteiger partial charge in [0.25, 0.3) is 6.43 Å². The molecule has 1 N–H and O–H groups in total. The maximum Gasteiger partial charge on any atom is 0.422 e. The minimum atomic E-state index is -5.28. The molecule has 0 aromatic heterocycles. The summed E-state index contributed by atoms with van der Waals surface area (Å²) in [6, 6.07) is 0. The van der Waals surface area contributed by atoms with Crippen molar-refractivity contribution in [3.05, 3.63) is 0 Å². The zero-order chi connectivity index (χ0) is 13.0. The molecule has 1 unspecified atom stereocenters. The average molecular weight is 248 g/mol. The molecule has 0 bridgehead atoms. The SMILES string of the molecule is CC(C)CCCCC(O)(C(F)F)C(F)(F)F. The van der Waals surface area contributed by atoms with Crippen LogP contribution in [0.5, 0.6) is 0 Å². The van der Waals surface area contributed by atoms with Gasteiger partial charge in [-0.1, -0.05) is 26.7 Å². The highest BCUT2D eigenvalue weighted by Crippen LogP contribution is 2.39. The van der Waals surface area contributed by atoms with Gasteiger partial charge in [-0.2, -0.15) is 13.2 Å². The van der Waals surface area contributed by atoms with Crippen LogP contribution >= 0.6 is 0 Å². The number of rotatable bonds is 6. The third kappa shape index (κ3) is 4.23. The number of alkyl halides is 5. The second-order valence-corrected chi connectivity index (χ2v) is 4.36. The normalized spacial score (nSPS) is 16.9. The number of unbranched alkanes of at least 4 members (excludes halogenated alkanes) is 1. The molecule has 0 aliphatic heterocycles. The highest BCUT2D eigenvalue weighted by molar-refractivity contribution is 4.89. The summed E-state index contributed by atoms with van der Waals surface area (Å²) in [4.78, 5) is 0. The molecule has 0 aromatic carbocycles. The largest absolute Gasteiger partial charge is 0.422 e. The monoisotopic (exact) mass is 248 g/mol. The fourth-order valence-corrected chi connectivity index (χ4v) is 1.32. The summed E-state index contributed by atoms with van der Waals surface area (Å²) in [6.07, 6.45) is -9.01. The molecule has 0 spiro atoms. The van der Waals surface area contributed by atoms with E-state index < -0.39 is 24.6 Å². The Balaban J connectivity index is 4.26. The number of halogens is 5. The molecule has 1 nitrogen and oxygen atoms in total. The maximum absolute atomic E-state index is 12.2. The molecule has 0 heterocycles. The smallest absolute Gasteiger partial charge is 0.376 e. The van der Waals surface area contributed by atoms with E-state index in [1.54, 1.807) is 0 Å². The van der Waals surface area contributed by atoms with E-state index >= 15 is 0 Å². The van der Waals surface area contributed by atoms with E-state index in [-0.39, 0.29) is 6.42 Å². The van der Waals surface area contributed by atoms with Crippen molar-refractivity contribution in [1.29, 1.82) is 0 Å². The molecule has 0 fully saturated rings. The lowest BCUT2D eigenvalue weighted by Gasteiger charge is -2.29. The molecule has 0 aliphatic carbocycles. The van der Waals surface area contributed by atoms with Gasteiger partial charge >= 0.3 is 6.18 Å². The highest BCUT2D eigenvalue weighted by atomic mass is 19.4. The minimum Gasteiger partial charge on any atom is -0.376 e. The molecule has 0 saturated carbocycles. The van der Waals surface area contributed by atoms with Crippen LogP contribution in [0, 0.1) is 5.92 Å². The van der Waals surface area contributed by atoms with Crippen molar-refractivity contribution in [3.8, 4) is 0 Å². The van der Waals surface area contributed by atoms with Crippen LogP contribution in [0.2, 0.25) is 0 Å². The van der Waals surface area contributed by atoms with E-state index in [9.17, 15) is 22.0 Å². The van der Waals surface area contributed by atoms with Crippen LogP contribution in [0.1, 0.15) is 39.5 Å². The van der Waals surface area contributed by atoms with Gasteiger partial charge in [-0.25, -0.2) is 8.78 Å². The van der Waals surface area contributed by atoms with Crippen LogP contribution in [0.4, 0.5) is 22.0 Å². The van der Waals surface area contributed by atoms with E-state index in [1.165, 1.54) is 0 Å². The molecule has 0 aliphatic rings. The van der Waals surface area contributed by atoms with Gasteiger partial charge in [-0.05, 0) is 18.8 Å². The van der Waals surface area contributed by atoms with Crippen molar-refractivity contribution in [1.82, 2.24) is 0 Å². The Morgan fingerprint density at radius 1 is 1.06 bits per heavy atom. The highest BCUT2D eigenvalue weighted by Gasteiger charge is 2.59. The van der Waals surface area contributed by atoms with Gasteiger partial charge in [-0.3, -0.25) is 0 Å². The first-order valence-corrected chi connectivity index (χ1v) is 5.18. The van der Waals surface area contributed by atoms with Crippen LogP contribution < -0.4 is 0 Å². The van der Waals surface area contributed by atoms with Crippen LogP contribution in [0.25, 0.3) is 0 Å². The second kappa shape index (κ2) is 5.80.